The number of amides is 1. The Bertz CT molecular complexity index is 898. The van der Waals surface area contributed by atoms with Gasteiger partial charge in [-0.05, 0) is 24.6 Å². The molecule has 2 aromatic heterocycles. The third-order valence-corrected chi connectivity index (χ3v) is 4.22. The lowest BCUT2D eigenvalue weighted by Crippen LogP contribution is -2.43. The number of H-pyrrole nitrogens is 1. The van der Waals surface area contributed by atoms with Gasteiger partial charge < -0.3 is 19.0 Å². The molecule has 0 bridgehead atoms. The van der Waals surface area contributed by atoms with E-state index in [4.69, 9.17) is 9.15 Å². The van der Waals surface area contributed by atoms with Gasteiger partial charge in [0.15, 0.2) is 0 Å². The molecule has 124 valence electrons. The van der Waals surface area contributed by atoms with E-state index in [1.165, 1.54) is 0 Å². The maximum atomic E-state index is 13.0. The first kappa shape index (κ1) is 14.9. The second kappa shape index (κ2) is 5.76. The number of carbonyl (C=O) groups excluding carboxylic acids is 1. The summed E-state index contributed by atoms with van der Waals surface area (Å²) in [7, 11) is 0. The summed E-state index contributed by atoms with van der Waals surface area (Å²) < 4.78 is 11.0. The Morgan fingerprint density at radius 3 is 2.96 bits per heavy atom. The topological polar surface area (TPSA) is 84.2 Å². The molecule has 0 saturated carbocycles. The van der Waals surface area contributed by atoms with Crippen LogP contribution in [0.25, 0.3) is 10.9 Å². The average molecular weight is 326 g/mol. The summed E-state index contributed by atoms with van der Waals surface area (Å²) >= 11 is 0. The summed E-state index contributed by atoms with van der Waals surface area (Å²) in [5.41, 5.74) is 2.66. The van der Waals surface area contributed by atoms with E-state index in [1.54, 1.807) is 11.8 Å². The summed E-state index contributed by atoms with van der Waals surface area (Å²) in [6, 6.07) is 7.59. The van der Waals surface area contributed by atoms with Crippen LogP contribution in [-0.4, -0.2) is 45.7 Å². The van der Waals surface area contributed by atoms with Crippen molar-refractivity contribution in [1.29, 1.82) is 0 Å². The molecule has 3 aromatic rings. The first-order valence-corrected chi connectivity index (χ1v) is 7.90. The van der Waals surface area contributed by atoms with Gasteiger partial charge in [0.25, 0.3) is 5.91 Å². The van der Waals surface area contributed by atoms with E-state index in [9.17, 15) is 4.79 Å². The number of carbonyl (C=O) groups is 1. The molecule has 0 aliphatic carbocycles. The van der Waals surface area contributed by atoms with Crippen molar-refractivity contribution in [3.8, 4) is 0 Å². The van der Waals surface area contributed by atoms with Gasteiger partial charge in [-0.2, -0.15) is 0 Å². The normalized spacial score (nSPS) is 18.2. The van der Waals surface area contributed by atoms with Crippen LogP contribution in [0.3, 0.4) is 0 Å². The van der Waals surface area contributed by atoms with Gasteiger partial charge in [-0.3, -0.25) is 4.79 Å². The Morgan fingerprint density at radius 1 is 1.29 bits per heavy atom. The number of aromatic nitrogens is 3. The molecule has 24 heavy (non-hydrogen) atoms. The lowest BCUT2D eigenvalue weighted by Gasteiger charge is -2.33. The number of ether oxygens (including phenoxy) is 1. The second-order valence-corrected chi connectivity index (χ2v) is 6.02. The number of morpholine rings is 1. The number of fused-ring (bicyclic) bond motifs is 1. The molecule has 7 heteroatoms. The predicted molar refractivity (Wildman–Crippen MR) is 86.7 cm³/mol. The van der Waals surface area contributed by atoms with Gasteiger partial charge in [-0.15, -0.1) is 10.2 Å². The quantitative estimate of drug-likeness (QED) is 0.781. The first-order valence-electron chi connectivity index (χ1n) is 7.90. The molecule has 0 unspecified atom stereocenters. The second-order valence-electron chi connectivity index (χ2n) is 6.02. The van der Waals surface area contributed by atoms with Crippen molar-refractivity contribution in [2.24, 2.45) is 0 Å². The van der Waals surface area contributed by atoms with Gasteiger partial charge in [0.2, 0.25) is 11.8 Å². The SMILES string of the molecule is Cc1ccc2cc(C(=O)N3CCOC[C@H]3c3nnc(C)o3)[nH]c2c1. The molecule has 0 radical (unpaired) electrons. The number of aryl methyl sites for hydroxylation is 2. The Morgan fingerprint density at radius 2 is 2.17 bits per heavy atom. The number of rotatable bonds is 2. The van der Waals surface area contributed by atoms with Gasteiger partial charge in [0, 0.05) is 24.4 Å². The lowest BCUT2D eigenvalue weighted by atomic mass is 10.2. The fourth-order valence-corrected chi connectivity index (χ4v) is 3.01. The average Bonchev–Trinajstić information content (AvgIpc) is 3.20. The van der Waals surface area contributed by atoms with Crippen molar-refractivity contribution >= 4 is 16.8 Å². The fourth-order valence-electron chi connectivity index (χ4n) is 3.01. The molecule has 1 saturated heterocycles. The number of aromatic amines is 1. The van der Waals surface area contributed by atoms with Crippen LogP contribution in [0.1, 0.15) is 33.9 Å². The molecule has 1 atom stereocenters. The third-order valence-electron chi connectivity index (χ3n) is 4.22. The molecular weight excluding hydrogens is 308 g/mol. The van der Waals surface area contributed by atoms with E-state index in [0.29, 0.717) is 37.2 Å². The number of benzene rings is 1. The van der Waals surface area contributed by atoms with Crippen LogP contribution in [0.2, 0.25) is 0 Å². The highest BCUT2D eigenvalue weighted by atomic mass is 16.5. The molecule has 1 fully saturated rings. The van der Waals surface area contributed by atoms with E-state index in [2.05, 4.69) is 15.2 Å². The van der Waals surface area contributed by atoms with Crippen LogP contribution in [-0.2, 0) is 4.74 Å². The zero-order chi connectivity index (χ0) is 16.7. The highest BCUT2D eigenvalue weighted by Gasteiger charge is 2.33. The van der Waals surface area contributed by atoms with Crippen LogP contribution in [0.4, 0.5) is 0 Å². The molecule has 7 nitrogen and oxygen atoms in total. The van der Waals surface area contributed by atoms with Crippen molar-refractivity contribution in [1.82, 2.24) is 20.1 Å². The van der Waals surface area contributed by atoms with Crippen LogP contribution in [0, 0.1) is 13.8 Å². The van der Waals surface area contributed by atoms with Crippen molar-refractivity contribution in [3.05, 3.63) is 47.3 Å². The largest absolute Gasteiger partial charge is 0.423 e. The van der Waals surface area contributed by atoms with E-state index in [1.807, 2.05) is 31.2 Å². The predicted octanol–water partition coefficient (Wildman–Crippen LogP) is 2.38. The van der Waals surface area contributed by atoms with Gasteiger partial charge in [0.05, 0.1) is 13.2 Å². The Labute approximate surface area is 138 Å². The minimum absolute atomic E-state index is 0.0898. The Hall–Kier alpha value is -2.67. The summed E-state index contributed by atoms with van der Waals surface area (Å²) in [6.45, 7) is 5.09. The van der Waals surface area contributed by atoms with Crippen molar-refractivity contribution < 1.29 is 13.9 Å². The van der Waals surface area contributed by atoms with Crippen LogP contribution < -0.4 is 0 Å². The van der Waals surface area contributed by atoms with Gasteiger partial charge in [0.1, 0.15) is 11.7 Å². The first-order chi connectivity index (χ1) is 11.6. The van der Waals surface area contributed by atoms with E-state index in [-0.39, 0.29) is 11.9 Å². The number of hydrogen-bond acceptors (Lipinski definition) is 5. The summed E-state index contributed by atoms with van der Waals surface area (Å²) in [6.07, 6.45) is 0. The third kappa shape index (κ3) is 2.56. The number of nitrogens with one attached hydrogen (secondary N) is 1. The minimum Gasteiger partial charge on any atom is -0.423 e. The number of hydrogen-bond donors (Lipinski definition) is 1. The molecular formula is C17H18N4O3. The van der Waals surface area contributed by atoms with E-state index < -0.39 is 0 Å². The standard InChI is InChI=1S/C17H18N4O3/c1-10-3-4-12-8-14(18-13(12)7-10)17(22)21-5-6-23-9-15(21)16-20-19-11(2)24-16/h3-4,7-8,15,18H,5-6,9H2,1-2H3/t15-/m0/s1. The van der Waals surface area contributed by atoms with Crippen molar-refractivity contribution in [2.75, 3.05) is 19.8 Å². The molecule has 1 aromatic carbocycles. The molecule has 1 N–H and O–H groups in total. The van der Waals surface area contributed by atoms with Crippen LogP contribution in [0.5, 0.6) is 0 Å². The van der Waals surface area contributed by atoms with Gasteiger partial charge in [-0.1, -0.05) is 12.1 Å². The highest BCUT2D eigenvalue weighted by Crippen LogP contribution is 2.26. The molecule has 1 aliphatic rings. The molecule has 0 spiro atoms. The molecule has 3 heterocycles. The van der Waals surface area contributed by atoms with Gasteiger partial charge in [-0.25, -0.2) is 0 Å². The van der Waals surface area contributed by atoms with Crippen LogP contribution >= 0.6 is 0 Å². The zero-order valence-corrected chi connectivity index (χ0v) is 13.6. The van der Waals surface area contributed by atoms with E-state index >= 15 is 0 Å². The monoisotopic (exact) mass is 326 g/mol. The maximum absolute atomic E-state index is 13.0. The van der Waals surface area contributed by atoms with E-state index in [0.717, 1.165) is 16.5 Å². The Balaban J connectivity index is 1.67. The fraction of sp³-hybridized carbons (Fsp3) is 0.353. The van der Waals surface area contributed by atoms with Gasteiger partial charge >= 0.3 is 0 Å². The van der Waals surface area contributed by atoms with Crippen molar-refractivity contribution in [2.45, 2.75) is 19.9 Å². The molecule has 1 amide bonds. The van der Waals surface area contributed by atoms with Crippen LogP contribution in [0.15, 0.2) is 28.7 Å². The molecule has 4 rings (SSSR count). The van der Waals surface area contributed by atoms with Crippen molar-refractivity contribution in [3.63, 3.8) is 0 Å². The smallest absolute Gasteiger partial charge is 0.271 e. The summed E-state index contributed by atoms with van der Waals surface area (Å²) in [5.74, 6) is 0.796. The maximum Gasteiger partial charge on any atom is 0.271 e. The molecule has 1 aliphatic heterocycles. The number of nitrogens with zero attached hydrogens (tertiary/aromatic N) is 3. The summed E-state index contributed by atoms with van der Waals surface area (Å²) in [5, 5.41) is 8.92. The lowest BCUT2D eigenvalue weighted by molar-refractivity contribution is -0.0108. The zero-order valence-electron chi connectivity index (χ0n) is 13.6. The minimum atomic E-state index is -0.361. The Kier molecular flexibility index (Phi) is 3.57. The summed E-state index contributed by atoms with van der Waals surface area (Å²) in [4.78, 5) is 17.9. The highest BCUT2D eigenvalue weighted by molar-refractivity contribution is 5.98.